The van der Waals surface area contributed by atoms with Crippen LogP contribution in [0.15, 0.2) is 23.6 Å². The molecule has 1 N–H and O–H groups in total. The zero-order valence-corrected chi connectivity index (χ0v) is 11.1. The predicted octanol–water partition coefficient (Wildman–Crippen LogP) is 3.58. The maximum Gasteiger partial charge on any atom is 0.257 e. The van der Waals surface area contributed by atoms with Crippen LogP contribution in [-0.4, -0.2) is 10.9 Å². The number of hydrogen-bond donors (Lipinski definition) is 1. The van der Waals surface area contributed by atoms with Crippen LogP contribution in [0.4, 0.5) is 9.52 Å². The highest BCUT2D eigenvalue weighted by atomic mass is 35.5. The molecule has 2 aromatic rings. The standard InChI is InChI=1S/C12H10ClFN2OS/c1-7-2-8(4-9(14)3-7)11(17)16-12-15-10(5-13)6-18-12/h2-4,6H,5H2,1H3,(H,15,16,17). The Kier molecular flexibility index (Phi) is 3.93. The van der Waals surface area contributed by atoms with Crippen LogP contribution in [0, 0.1) is 12.7 Å². The van der Waals surface area contributed by atoms with Crippen molar-refractivity contribution < 1.29 is 9.18 Å². The zero-order chi connectivity index (χ0) is 13.1. The van der Waals surface area contributed by atoms with Crippen molar-refractivity contribution in [2.24, 2.45) is 0 Å². The van der Waals surface area contributed by atoms with E-state index in [9.17, 15) is 9.18 Å². The third-order valence-corrected chi connectivity index (χ3v) is 3.29. The summed E-state index contributed by atoms with van der Waals surface area (Å²) in [7, 11) is 0. The normalized spacial score (nSPS) is 10.4. The summed E-state index contributed by atoms with van der Waals surface area (Å²) in [6.07, 6.45) is 0. The van der Waals surface area contributed by atoms with Crippen molar-refractivity contribution >= 4 is 34.0 Å². The van der Waals surface area contributed by atoms with Crippen LogP contribution in [0.2, 0.25) is 0 Å². The molecule has 0 aliphatic rings. The highest BCUT2D eigenvalue weighted by Gasteiger charge is 2.10. The van der Waals surface area contributed by atoms with Crippen LogP contribution in [0.25, 0.3) is 0 Å². The van der Waals surface area contributed by atoms with Gasteiger partial charge in [-0.3, -0.25) is 10.1 Å². The van der Waals surface area contributed by atoms with Gasteiger partial charge >= 0.3 is 0 Å². The lowest BCUT2D eigenvalue weighted by molar-refractivity contribution is 0.102. The van der Waals surface area contributed by atoms with E-state index in [4.69, 9.17) is 11.6 Å². The molecular weight excluding hydrogens is 275 g/mol. The van der Waals surface area contributed by atoms with Crippen LogP contribution in [-0.2, 0) is 5.88 Å². The van der Waals surface area contributed by atoms with E-state index in [1.807, 2.05) is 0 Å². The van der Waals surface area contributed by atoms with Gasteiger partial charge in [0.1, 0.15) is 5.82 Å². The summed E-state index contributed by atoms with van der Waals surface area (Å²) in [4.78, 5) is 16.0. The smallest absolute Gasteiger partial charge is 0.257 e. The third-order valence-electron chi connectivity index (χ3n) is 2.21. The van der Waals surface area contributed by atoms with Gasteiger partial charge in [0.05, 0.1) is 11.6 Å². The highest BCUT2D eigenvalue weighted by molar-refractivity contribution is 7.14. The Bertz CT molecular complexity index is 565. The second kappa shape index (κ2) is 5.46. The van der Waals surface area contributed by atoms with Crippen molar-refractivity contribution in [3.63, 3.8) is 0 Å². The lowest BCUT2D eigenvalue weighted by atomic mass is 10.1. The molecule has 94 valence electrons. The molecule has 0 unspecified atom stereocenters. The molecule has 0 aliphatic heterocycles. The monoisotopic (exact) mass is 284 g/mol. The number of alkyl halides is 1. The van der Waals surface area contributed by atoms with Gasteiger partial charge in [-0.25, -0.2) is 9.37 Å². The minimum absolute atomic E-state index is 0.273. The molecular formula is C12H10ClFN2OS. The molecule has 1 amide bonds. The second-order valence-electron chi connectivity index (χ2n) is 3.75. The Balaban J connectivity index is 2.16. The fourth-order valence-electron chi connectivity index (χ4n) is 1.46. The number of hydrogen-bond acceptors (Lipinski definition) is 3. The van der Waals surface area contributed by atoms with Crippen molar-refractivity contribution in [1.82, 2.24) is 4.98 Å². The summed E-state index contributed by atoms with van der Waals surface area (Å²) in [5.41, 5.74) is 1.67. The first-order valence-corrected chi connectivity index (χ1v) is 6.59. The summed E-state index contributed by atoms with van der Waals surface area (Å²) >= 11 is 6.90. The van der Waals surface area contributed by atoms with Gasteiger partial charge in [0, 0.05) is 10.9 Å². The highest BCUT2D eigenvalue weighted by Crippen LogP contribution is 2.18. The van der Waals surface area contributed by atoms with E-state index in [0.717, 1.165) is 0 Å². The minimum Gasteiger partial charge on any atom is -0.298 e. The summed E-state index contributed by atoms with van der Waals surface area (Å²) < 4.78 is 13.2. The molecule has 0 saturated carbocycles. The number of nitrogens with one attached hydrogen (secondary N) is 1. The Morgan fingerprint density at radius 1 is 1.50 bits per heavy atom. The molecule has 2 rings (SSSR count). The van der Waals surface area contributed by atoms with Crippen molar-refractivity contribution in [1.29, 1.82) is 0 Å². The molecule has 1 heterocycles. The summed E-state index contributed by atoms with van der Waals surface area (Å²) in [6, 6.07) is 4.18. The minimum atomic E-state index is -0.430. The quantitative estimate of drug-likeness (QED) is 0.875. The van der Waals surface area contributed by atoms with E-state index >= 15 is 0 Å². The second-order valence-corrected chi connectivity index (χ2v) is 4.87. The van der Waals surface area contributed by atoms with Crippen molar-refractivity contribution in [2.45, 2.75) is 12.8 Å². The van der Waals surface area contributed by atoms with E-state index in [1.54, 1.807) is 18.4 Å². The van der Waals surface area contributed by atoms with E-state index in [2.05, 4.69) is 10.3 Å². The number of thiazole rings is 1. The van der Waals surface area contributed by atoms with E-state index in [1.165, 1.54) is 23.5 Å². The maximum absolute atomic E-state index is 13.2. The largest absolute Gasteiger partial charge is 0.298 e. The Labute approximate surface area is 113 Å². The van der Waals surface area contributed by atoms with Gasteiger partial charge in [-0.15, -0.1) is 22.9 Å². The van der Waals surface area contributed by atoms with Crippen LogP contribution >= 0.6 is 22.9 Å². The molecule has 0 saturated heterocycles. The number of amides is 1. The van der Waals surface area contributed by atoms with E-state index in [0.29, 0.717) is 22.3 Å². The van der Waals surface area contributed by atoms with Crippen LogP contribution in [0.1, 0.15) is 21.6 Å². The van der Waals surface area contributed by atoms with Gasteiger partial charge in [0.2, 0.25) is 0 Å². The fraction of sp³-hybridized carbons (Fsp3) is 0.167. The lowest BCUT2D eigenvalue weighted by Gasteiger charge is -2.03. The lowest BCUT2D eigenvalue weighted by Crippen LogP contribution is -2.12. The summed E-state index contributed by atoms with van der Waals surface area (Å²) in [5, 5.41) is 4.83. The topological polar surface area (TPSA) is 42.0 Å². The average Bonchev–Trinajstić information content (AvgIpc) is 2.75. The van der Waals surface area contributed by atoms with Gasteiger partial charge in [0.25, 0.3) is 5.91 Å². The van der Waals surface area contributed by atoms with E-state index in [-0.39, 0.29) is 11.5 Å². The number of aryl methyl sites for hydroxylation is 1. The first-order chi connectivity index (χ1) is 8.58. The molecule has 1 aromatic carbocycles. The number of rotatable bonds is 3. The maximum atomic E-state index is 13.2. The molecule has 18 heavy (non-hydrogen) atoms. The van der Waals surface area contributed by atoms with Crippen LogP contribution in [0.3, 0.4) is 0 Å². The molecule has 1 aromatic heterocycles. The molecule has 0 atom stereocenters. The number of carbonyl (C=O) groups excluding carboxylic acids is 1. The summed E-state index contributed by atoms with van der Waals surface area (Å²) in [5.74, 6) is -0.514. The Morgan fingerprint density at radius 3 is 2.89 bits per heavy atom. The molecule has 0 bridgehead atoms. The van der Waals surface area contributed by atoms with Crippen LogP contribution in [0.5, 0.6) is 0 Å². The van der Waals surface area contributed by atoms with Crippen molar-refractivity contribution in [2.75, 3.05) is 5.32 Å². The fourth-order valence-corrected chi connectivity index (χ4v) is 2.40. The number of anilines is 1. The molecule has 0 fully saturated rings. The number of carbonyl (C=O) groups is 1. The van der Waals surface area contributed by atoms with Gasteiger partial charge < -0.3 is 0 Å². The summed E-state index contributed by atoms with van der Waals surface area (Å²) in [6.45, 7) is 1.73. The number of benzene rings is 1. The Morgan fingerprint density at radius 2 is 2.28 bits per heavy atom. The third kappa shape index (κ3) is 3.05. The number of aromatic nitrogens is 1. The Hall–Kier alpha value is -1.46. The van der Waals surface area contributed by atoms with E-state index < -0.39 is 5.82 Å². The predicted molar refractivity (Wildman–Crippen MR) is 70.8 cm³/mol. The molecule has 0 radical (unpaired) electrons. The molecule has 6 heteroatoms. The average molecular weight is 285 g/mol. The molecule has 0 spiro atoms. The van der Waals surface area contributed by atoms with Crippen molar-refractivity contribution in [3.8, 4) is 0 Å². The van der Waals surface area contributed by atoms with Gasteiger partial charge in [-0.1, -0.05) is 0 Å². The SMILES string of the molecule is Cc1cc(F)cc(C(=O)Nc2nc(CCl)cs2)c1. The molecule has 3 nitrogen and oxygen atoms in total. The van der Waals surface area contributed by atoms with Crippen molar-refractivity contribution in [3.05, 3.63) is 46.2 Å². The van der Waals surface area contributed by atoms with Gasteiger partial charge in [0.15, 0.2) is 5.13 Å². The number of nitrogens with zero attached hydrogens (tertiary/aromatic N) is 1. The first-order valence-electron chi connectivity index (χ1n) is 5.17. The van der Waals surface area contributed by atoms with Crippen LogP contribution < -0.4 is 5.32 Å². The zero-order valence-electron chi connectivity index (χ0n) is 9.54. The number of halogens is 2. The van der Waals surface area contributed by atoms with Gasteiger partial charge in [-0.05, 0) is 30.7 Å². The first kappa shape index (κ1) is 13.0. The molecule has 0 aliphatic carbocycles. The van der Waals surface area contributed by atoms with Gasteiger partial charge in [-0.2, -0.15) is 0 Å².